The molecule has 0 saturated heterocycles. The van der Waals surface area contributed by atoms with Gasteiger partial charge in [0, 0.05) is 6.54 Å². The highest BCUT2D eigenvalue weighted by Gasteiger charge is 2.62. The number of rotatable bonds is 3. The quantitative estimate of drug-likeness (QED) is 0.541. The molecule has 10 heteroatoms. The highest BCUT2D eigenvalue weighted by atomic mass is 32.2. The maximum atomic E-state index is 12.2. The molecule has 2 aliphatic rings. The van der Waals surface area contributed by atoms with Crippen molar-refractivity contribution >= 4 is 25.3 Å². The highest BCUT2D eigenvalue weighted by Crippen LogP contribution is 2.39. The number of hydrogen-bond donors (Lipinski definition) is 2. The van der Waals surface area contributed by atoms with E-state index in [9.17, 15) is 21.4 Å². The topological polar surface area (TPSA) is 113 Å². The molecule has 114 valence electrons. The van der Waals surface area contributed by atoms with E-state index in [0.29, 0.717) is 12.2 Å². The second kappa shape index (κ2) is 4.60. The summed E-state index contributed by atoms with van der Waals surface area (Å²) in [5.74, 6) is -0.276. The lowest BCUT2D eigenvalue weighted by atomic mass is 10.3. The Hall–Kier alpha value is -0.810. The van der Waals surface area contributed by atoms with Crippen molar-refractivity contribution in [1.82, 2.24) is 5.32 Å². The summed E-state index contributed by atoms with van der Waals surface area (Å²) in [6, 6.07) is -0.711. The lowest BCUT2D eigenvalue weighted by Gasteiger charge is -2.34. The van der Waals surface area contributed by atoms with Gasteiger partial charge < -0.3 is 5.32 Å². The second-order valence-corrected chi connectivity index (χ2v) is 8.64. The first-order valence-corrected chi connectivity index (χ1v) is 9.25. The zero-order valence-corrected chi connectivity index (χ0v) is 13.1. The van der Waals surface area contributed by atoms with Crippen LogP contribution in [0.5, 0.6) is 0 Å². The molecule has 0 bridgehead atoms. The molecule has 0 saturated carbocycles. The summed E-state index contributed by atoms with van der Waals surface area (Å²) in [4.78, 5) is 4.01. The van der Waals surface area contributed by atoms with Crippen molar-refractivity contribution in [2.75, 3.05) is 18.8 Å². The third-order valence-corrected chi connectivity index (χ3v) is 6.94. The number of amidine groups is 1. The van der Waals surface area contributed by atoms with E-state index in [2.05, 4.69) is 10.3 Å². The first-order valence-electron chi connectivity index (χ1n) is 6.20. The standard InChI is InChI=1S/C10H17N3O5S2/c1-4-19(14,15)10-12-8-5-11-6-9(8)13(10,7(2)3)20(16,17)18/h7,11H,4-6H2,1-3H3/p+1. The molecule has 2 N–H and O–H groups in total. The van der Waals surface area contributed by atoms with Gasteiger partial charge >= 0.3 is 15.5 Å². The van der Waals surface area contributed by atoms with Gasteiger partial charge in [-0.25, -0.2) is 13.0 Å². The fourth-order valence-corrected chi connectivity index (χ4v) is 5.75. The average Bonchev–Trinajstić information content (AvgIpc) is 2.85. The molecule has 0 spiro atoms. The first kappa shape index (κ1) is 15.6. The van der Waals surface area contributed by atoms with Crippen LogP contribution in [0.4, 0.5) is 0 Å². The van der Waals surface area contributed by atoms with Gasteiger partial charge in [0.2, 0.25) is 9.84 Å². The second-order valence-electron chi connectivity index (χ2n) is 4.99. The van der Waals surface area contributed by atoms with Gasteiger partial charge in [0.25, 0.3) is 0 Å². The Morgan fingerprint density at radius 3 is 2.35 bits per heavy atom. The number of nitrogens with zero attached hydrogens (tertiary/aromatic N) is 2. The molecule has 20 heavy (non-hydrogen) atoms. The van der Waals surface area contributed by atoms with Gasteiger partial charge in [-0.1, -0.05) is 6.92 Å². The van der Waals surface area contributed by atoms with Crippen LogP contribution in [-0.4, -0.2) is 55.3 Å². The van der Waals surface area contributed by atoms with E-state index in [1.165, 1.54) is 6.92 Å². The van der Waals surface area contributed by atoms with Crippen LogP contribution < -0.4 is 5.32 Å². The number of hydrogen-bond acceptors (Lipinski definition) is 6. The Labute approximate surface area is 118 Å². The van der Waals surface area contributed by atoms with Gasteiger partial charge in [-0.2, -0.15) is 4.99 Å². The predicted molar refractivity (Wildman–Crippen MR) is 73.7 cm³/mol. The Balaban J connectivity index is 2.83. The Bertz CT molecular complexity index is 705. The van der Waals surface area contributed by atoms with Crippen molar-refractivity contribution in [2.45, 2.75) is 26.8 Å². The van der Waals surface area contributed by atoms with Crippen molar-refractivity contribution in [3.8, 4) is 0 Å². The zero-order chi connectivity index (χ0) is 15.3. The van der Waals surface area contributed by atoms with Gasteiger partial charge in [-0.05, 0) is 13.8 Å². The number of sulfone groups is 1. The highest BCUT2D eigenvalue weighted by molar-refractivity contribution is 8.06. The van der Waals surface area contributed by atoms with E-state index < -0.39 is 35.2 Å². The van der Waals surface area contributed by atoms with Gasteiger partial charge in [-0.3, -0.25) is 0 Å². The summed E-state index contributed by atoms with van der Waals surface area (Å²) < 4.78 is 57.2. The zero-order valence-electron chi connectivity index (χ0n) is 11.5. The molecule has 8 nitrogen and oxygen atoms in total. The van der Waals surface area contributed by atoms with Crippen molar-refractivity contribution in [1.29, 1.82) is 0 Å². The van der Waals surface area contributed by atoms with Crippen LogP contribution in [0, 0.1) is 0 Å². The Morgan fingerprint density at radius 2 is 1.90 bits per heavy atom. The summed E-state index contributed by atoms with van der Waals surface area (Å²) in [7, 11) is -8.59. The molecule has 0 fully saturated rings. The molecule has 1 atom stereocenters. The molecule has 2 heterocycles. The molecule has 2 aliphatic heterocycles. The maximum Gasteiger partial charge on any atom is 0.444 e. The van der Waals surface area contributed by atoms with E-state index in [-0.39, 0.29) is 18.0 Å². The summed E-state index contributed by atoms with van der Waals surface area (Å²) in [5.41, 5.74) is 0.665. The fraction of sp³-hybridized carbons (Fsp3) is 0.700. The summed E-state index contributed by atoms with van der Waals surface area (Å²) in [5, 5.41) is 2.43. The lowest BCUT2D eigenvalue weighted by molar-refractivity contribution is -0.693. The van der Waals surface area contributed by atoms with Crippen molar-refractivity contribution < 1.29 is 25.3 Å². The van der Waals surface area contributed by atoms with Crippen LogP contribution in [0.15, 0.2) is 16.4 Å². The SMILES string of the molecule is CCS(=O)(=O)C1=NC2=C(CNC2)[N+]1(C(C)C)S(=O)(=O)O. The molecule has 0 aliphatic carbocycles. The van der Waals surface area contributed by atoms with Crippen LogP contribution in [0.1, 0.15) is 20.8 Å². The minimum Gasteiger partial charge on any atom is -0.302 e. The number of aliphatic imine (C=N–C) groups is 1. The van der Waals surface area contributed by atoms with E-state index in [0.717, 1.165) is 0 Å². The predicted octanol–water partition coefficient (Wildman–Crippen LogP) is -0.366. The van der Waals surface area contributed by atoms with Gasteiger partial charge in [-0.15, -0.1) is 12.3 Å². The number of quaternary nitrogens is 1. The van der Waals surface area contributed by atoms with Gasteiger partial charge in [0.1, 0.15) is 11.7 Å². The van der Waals surface area contributed by atoms with Crippen LogP contribution in [0.2, 0.25) is 0 Å². The van der Waals surface area contributed by atoms with Gasteiger partial charge in [0.05, 0.1) is 12.3 Å². The maximum absolute atomic E-state index is 12.2. The van der Waals surface area contributed by atoms with Crippen molar-refractivity contribution in [3.63, 3.8) is 0 Å². The van der Waals surface area contributed by atoms with E-state index in [1.807, 2.05) is 0 Å². The number of nitrogens with one attached hydrogen (secondary N) is 1. The molecular formula is C10H18N3O5S2+. The lowest BCUT2D eigenvalue weighted by Crippen LogP contribution is -2.61. The Morgan fingerprint density at radius 1 is 1.30 bits per heavy atom. The molecule has 1 unspecified atom stereocenters. The van der Waals surface area contributed by atoms with Crippen LogP contribution in [0.3, 0.4) is 0 Å². The molecule has 0 aromatic heterocycles. The average molecular weight is 324 g/mol. The summed E-state index contributed by atoms with van der Waals surface area (Å²) >= 11 is 0. The van der Waals surface area contributed by atoms with Crippen molar-refractivity contribution in [2.24, 2.45) is 4.99 Å². The molecule has 0 aromatic rings. The van der Waals surface area contributed by atoms with Crippen LogP contribution in [0.25, 0.3) is 0 Å². The fourth-order valence-electron chi connectivity index (χ4n) is 2.66. The third kappa shape index (κ3) is 1.86. The first-order chi connectivity index (χ1) is 9.09. The minimum absolute atomic E-state index is 0.180. The van der Waals surface area contributed by atoms with Crippen LogP contribution >= 0.6 is 0 Å². The van der Waals surface area contributed by atoms with Crippen molar-refractivity contribution in [3.05, 3.63) is 11.4 Å². The molecule has 0 aromatic carbocycles. The minimum atomic E-state index is -4.73. The Kier molecular flexibility index (Phi) is 3.58. The molecular weight excluding hydrogens is 306 g/mol. The van der Waals surface area contributed by atoms with Crippen LogP contribution in [-0.2, 0) is 20.1 Å². The van der Waals surface area contributed by atoms with Gasteiger partial charge in [0.15, 0.2) is 5.70 Å². The molecule has 2 rings (SSSR count). The van der Waals surface area contributed by atoms with E-state index in [1.54, 1.807) is 13.8 Å². The summed E-state index contributed by atoms with van der Waals surface area (Å²) in [6.07, 6.45) is 0. The van der Waals surface area contributed by atoms with E-state index in [4.69, 9.17) is 0 Å². The smallest absolute Gasteiger partial charge is 0.302 e. The molecule has 0 radical (unpaired) electrons. The normalized spacial score (nSPS) is 27.1. The summed E-state index contributed by atoms with van der Waals surface area (Å²) in [6.45, 7) is 4.98. The largest absolute Gasteiger partial charge is 0.444 e. The monoisotopic (exact) mass is 324 g/mol. The molecule has 0 amide bonds. The van der Waals surface area contributed by atoms with E-state index >= 15 is 0 Å². The third-order valence-electron chi connectivity index (χ3n) is 3.58.